The first kappa shape index (κ1) is 14.7. The number of ether oxygens (including phenoxy) is 1. The number of carbonyl (C=O) groups excluding carboxylic acids is 1. The standard InChI is InChI=1S/C10H9F3N2O4/c11-8(10(12,13)5-19-9(14)16)6-2-1-3-7(4-6)15(17)18/h1-4,8H,5H2,(H2,14,16). The highest BCUT2D eigenvalue weighted by molar-refractivity contribution is 5.64. The lowest BCUT2D eigenvalue weighted by Gasteiger charge is -2.20. The Labute approximate surface area is 105 Å². The monoisotopic (exact) mass is 278 g/mol. The number of rotatable bonds is 5. The van der Waals surface area contributed by atoms with Crippen molar-refractivity contribution >= 4 is 11.8 Å². The quantitative estimate of drug-likeness (QED) is 0.660. The molecule has 0 aliphatic carbocycles. The van der Waals surface area contributed by atoms with Crippen molar-refractivity contribution in [1.29, 1.82) is 0 Å². The van der Waals surface area contributed by atoms with E-state index in [2.05, 4.69) is 10.5 Å². The Balaban J connectivity index is 2.92. The Morgan fingerprint density at radius 1 is 1.53 bits per heavy atom. The van der Waals surface area contributed by atoms with E-state index in [-0.39, 0.29) is 0 Å². The molecule has 0 radical (unpaired) electrons. The maximum atomic E-state index is 13.6. The van der Waals surface area contributed by atoms with Gasteiger partial charge < -0.3 is 10.5 Å². The van der Waals surface area contributed by atoms with Crippen LogP contribution in [0.4, 0.5) is 23.7 Å². The molecule has 0 fully saturated rings. The summed E-state index contributed by atoms with van der Waals surface area (Å²) >= 11 is 0. The van der Waals surface area contributed by atoms with Crippen molar-refractivity contribution in [3.63, 3.8) is 0 Å². The van der Waals surface area contributed by atoms with Crippen molar-refractivity contribution < 1.29 is 27.6 Å². The molecule has 0 aliphatic rings. The Morgan fingerprint density at radius 3 is 2.68 bits per heavy atom. The molecule has 1 unspecified atom stereocenters. The summed E-state index contributed by atoms with van der Waals surface area (Å²) in [4.78, 5) is 19.8. The number of nitro groups is 1. The van der Waals surface area contributed by atoms with Crippen LogP contribution < -0.4 is 5.73 Å². The van der Waals surface area contributed by atoms with E-state index in [1.807, 2.05) is 0 Å². The van der Waals surface area contributed by atoms with Gasteiger partial charge in [0.25, 0.3) is 5.69 Å². The summed E-state index contributed by atoms with van der Waals surface area (Å²) in [6.07, 6.45) is -4.32. The van der Waals surface area contributed by atoms with E-state index in [1.165, 1.54) is 0 Å². The predicted molar refractivity (Wildman–Crippen MR) is 57.4 cm³/mol. The number of halogens is 3. The van der Waals surface area contributed by atoms with Gasteiger partial charge in [0.1, 0.15) is 0 Å². The number of benzene rings is 1. The fourth-order valence-corrected chi connectivity index (χ4v) is 1.28. The Hall–Kier alpha value is -2.32. The van der Waals surface area contributed by atoms with Crippen LogP contribution in [0.15, 0.2) is 24.3 Å². The minimum atomic E-state index is -4.04. The minimum absolute atomic E-state index is 0.522. The average molecular weight is 278 g/mol. The number of alkyl halides is 3. The molecule has 0 aromatic heterocycles. The predicted octanol–water partition coefficient (Wildman–Crippen LogP) is 2.34. The molecule has 0 heterocycles. The number of nitrogens with zero attached hydrogens (tertiary/aromatic N) is 1. The molecule has 0 aliphatic heterocycles. The third-order valence-electron chi connectivity index (χ3n) is 2.15. The molecule has 6 nitrogen and oxygen atoms in total. The number of primary amides is 1. The van der Waals surface area contributed by atoms with Gasteiger partial charge in [-0.05, 0) is 5.56 Å². The van der Waals surface area contributed by atoms with Gasteiger partial charge in [0.15, 0.2) is 12.8 Å². The summed E-state index contributed by atoms with van der Waals surface area (Å²) in [6.45, 7) is -1.55. The van der Waals surface area contributed by atoms with Crippen LogP contribution >= 0.6 is 0 Å². The van der Waals surface area contributed by atoms with Gasteiger partial charge in [0.05, 0.1) is 4.92 Å². The second-order valence-corrected chi connectivity index (χ2v) is 3.58. The highest BCUT2D eigenvalue weighted by Crippen LogP contribution is 2.36. The van der Waals surface area contributed by atoms with Crippen molar-refractivity contribution in [3.05, 3.63) is 39.9 Å². The van der Waals surface area contributed by atoms with Crippen LogP contribution in [0.1, 0.15) is 11.7 Å². The lowest BCUT2D eigenvalue weighted by atomic mass is 10.0. The molecule has 9 heteroatoms. The summed E-state index contributed by atoms with van der Waals surface area (Å²) in [5.41, 5.74) is 3.38. The topological polar surface area (TPSA) is 95.5 Å². The Morgan fingerprint density at radius 2 is 2.16 bits per heavy atom. The molecule has 1 atom stereocenters. The Kier molecular flexibility index (Phi) is 4.30. The maximum Gasteiger partial charge on any atom is 0.404 e. The third-order valence-corrected chi connectivity index (χ3v) is 2.15. The first-order valence-corrected chi connectivity index (χ1v) is 4.92. The number of hydrogen-bond donors (Lipinski definition) is 1. The molecule has 1 aromatic rings. The van der Waals surface area contributed by atoms with Crippen molar-refractivity contribution in [2.45, 2.75) is 12.1 Å². The van der Waals surface area contributed by atoms with Crippen LogP contribution in [0.3, 0.4) is 0 Å². The van der Waals surface area contributed by atoms with Gasteiger partial charge in [0, 0.05) is 12.1 Å². The van der Waals surface area contributed by atoms with Crippen LogP contribution in [0.2, 0.25) is 0 Å². The van der Waals surface area contributed by atoms with E-state index >= 15 is 0 Å². The normalized spacial score (nSPS) is 12.8. The largest absolute Gasteiger partial charge is 0.443 e. The zero-order chi connectivity index (χ0) is 14.6. The molecule has 104 valence electrons. The zero-order valence-electron chi connectivity index (χ0n) is 9.39. The highest BCUT2D eigenvalue weighted by Gasteiger charge is 2.43. The van der Waals surface area contributed by atoms with E-state index in [1.54, 1.807) is 0 Å². The molecule has 0 bridgehead atoms. The van der Waals surface area contributed by atoms with Crippen LogP contribution in [0.25, 0.3) is 0 Å². The molecule has 0 saturated carbocycles. The number of amides is 1. The lowest BCUT2D eigenvalue weighted by molar-refractivity contribution is -0.385. The molecule has 1 rings (SSSR count). The fraction of sp³-hybridized carbons (Fsp3) is 0.300. The van der Waals surface area contributed by atoms with Crippen molar-refractivity contribution in [1.82, 2.24) is 0 Å². The second kappa shape index (κ2) is 5.55. The van der Waals surface area contributed by atoms with Gasteiger partial charge >= 0.3 is 12.0 Å². The highest BCUT2D eigenvalue weighted by atomic mass is 19.3. The maximum absolute atomic E-state index is 13.6. The zero-order valence-corrected chi connectivity index (χ0v) is 9.39. The number of non-ortho nitro benzene ring substituents is 1. The molecule has 0 saturated heterocycles. The van der Waals surface area contributed by atoms with Gasteiger partial charge in [0.2, 0.25) is 0 Å². The first-order valence-electron chi connectivity index (χ1n) is 4.92. The first-order chi connectivity index (χ1) is 8.74. The third kappa shape index (κ3) is 3.83. The second-order valence-electron chi connectivity index (χ2n) is 3.58. The van der Waals surface area contributed by atoms with E-state index < -0.39 is 41.0 Å². The molecular formula is C10H9F3N2O4. The number of nitrogens with two attached hydrogens (primary N) is 1. The summed E-state index contributed by atoms with van der Waals surface area (Å²) in [5, 5.41) is 10.5. The Bertz CT molecular complexity index is 495. The molecular weight excluding hydrogens is 269 g/mol. The van der Waals surface area contributed by atoms with Crippen molar-refractivity contribution in [3.8, 4) is 0 Å². The van der Waals surface area contributed by atoms with Crippen LogP contribution in [0, 0.1) is 10.1 Å². The van der Waals surface area contributed by atoms with Gasteiger partial charge in [-0.1, -0.05) is 12.1 Å². The summed E-state index contributed by atoms with van der Waals surface area (Å²) in [6, 6.07) is 3.76. The smallest absolute Gasteiger partial charge is 0.404 e. The molecule has 0 spiro atoms. The fourth-order valence-electron chi connectivity index (χ4n) is 1.28. The van der Waals surface area contributed by atoms with Gasteiger partial charge in [-0.2, -0.15) is 8.78 Å². The van der Waals surface area contributed by atoms with Crippen LogP contribution in [-0.2, 0) is 4.74 Å². The van der Waals surface area contributed by atoms with Gasteiger partial charge in [-0.15, -0.1) is 0 Å². The van der Waals surface area contributed by atoms with Crippen molar-refractivity contribution in [2.24, 2.45) is 5.73 Å². The summed E-state index contributed by atoms with van der Waals surface area (Å²) in [5.74, 6) is -4.04. The number of hydrogen-bond acceptors (Lipinski definition) is 4. The van der Waals surface area contributed by atoms with Crippen LogP contribution in [0.5, 0.6) is 0 Å². The SMILES string of the molecule is NC(=O)OCC(F)(F)C(F)c1cccc([N+](=O)[O-])c1. The molecule has 1 amide bonds. The lowest BCUT2D eigenvalue weighted by Crippen LogP contribution is -2.32. The van der Waals surface area contributed by atoms with E-state index in [9.17, 15) is 28.1 Å². The van der Waals surface area contributed by atoms with E-state index in [4.69, 9.17) is 0 Å². The minimum Gasteiger partial charge on any atom is -0.443 e. The molecule has 1 aromatic carbocycles. The van der Waals surface area contributed by atoms with E-state index in [0.717, 1.165) is 18.2 Å². The van der Waals surface area contributed by atoms with Gasteiger partial charge in [-0.3, -0.25) is 10.1 Å². The molecule has 19 heavy (non-hydrogen) atoms. The number of carbonyl (C=O) groups is 1. The van der Waals surface area contributed by atoms with Crippen molar-refractivity contribution in [2.75, 3.05) is 6.61 Å². The van der Waals surface area contributed by atoms with Gasteiger partial charge in [-0.25, -0.2) is 9.18 Å². The van der Waals surface area contributed by atoms with Crippen LogP contribution in [-0.4, -0.2) is 23.5 Å². The number of nitro benzene ring substituents is 1. The molecule has 2 N–H and O–H groups in total. The average Bonchev–Trinajstić information content (AvgIpc) is 2.35. The van der Waals surface area contributed by atoms with E-state index in [0.29, 0.717) is 6.07 Å². The summed E-state index contributed by atoms with van der Waals surface area (Å²) < 4.78 is 44.1. The summed E-state index contributed by atoms with van der Waals surface area (Å²) in [7, 11) is 0.